The Morgan fingerprint density at radius 1 is 1.19 bits per heavy atom. The molecule has 0 spiro atoms. The fourth-order valence-electron chi connectivity index (χ4n) is 2.87. The lowest BCUT2D eigenvalue weighted by Crippen LogP contribution is -2.26. The fourth-order valence-corrected chi connectivity index (χ4v) is 3.25. The average Bonchev–Trinajstić information content (AvgIpc) is 3.32. The number of nitrogens with zero attached hydrogens (tertiary/aromatic N) is 4. The van der Waals surface area contributed by atoms with E-state index in [1.54, 1.807) is 18.2 Å². The van der Waals surface area contributed by atoms with E-state index in [2.05, 4.69) is 25.8 Å². The SMILES string of the molecule is O=C(NCCc1c[nH]c2ccc(Cl)cc12)c1cc(-n2cnnn2)ccc1Cl. The van der Waals surface area contributed by atoms with E-state index >= 15 is 0 Å². The third-order valence-electron chi connectivity index (χ3n) is 4.22. The summed E-state index contributed by atoms with van der Waals surface area (Å²) in [4.78, 5) is 15.8. The van der Waals surface area contributed by atoms with Gasteiger partial charge in [0.2, 0.25) is 0 Å². The molecule has 4 aromatic rings. The Bertz CT molecular complexity index is 1110. The van der Waals surface area contributed by atoms with Crippen LogP contribution in [0.3, 0.4) is 0 Å². The Kier molecular flexibility index (Phi) is 4.79. The molecule has 2 aromatic carbocycles. The van der Waals surface area contributed by atoms with Crippen LogP contribution in [0.2, 0.25) is 10.0 Å². The summed E-state index contributed by atoms with van der Waals surface area (Å²) in [5.74, 6) is -0.257. The molecule has 136 valence electrons. The Morgan fingerprint density at radius 3 is 2.89 bits per heavy atom. The van der Waals surface area contributed by atoms with Crippen LogP contribution in [0.5, 0.6) is 0 Å². The van der Waals surface area contributed by atoms with Crippen molar-refractivity contribution in [3.8, 4) is 5.69 Å². The predicted molar refractivity (Wildman–Crippen MR) is 104 cm³/mol. The van der Waals surface area contributed by atoms with E-state index in [1.807, 2.05) is 24.4 Å². The van der Waals surface area contributed by atoms with Crippen LogP contribution in [0.1, 0.15) is 15.9 Å². The molecular weight excluding hydrogens is 387 g/mol. The molecule has 0 aliphatic heterocycles. The van der Waals surface area contributed by atoms with Crippen molar-refractivity contribution in [2.75, 3.05) is 6.54 Å². The predicted octanol–water partition coefficient (Wildman–Crippen LogP) is 3.42. The zero-order chi connectivity index (χ0) is 18.8. The highest BCUT2D eigenvalue weighted by atomic mass is 35.5. The molecule has 2 N–H and O–H groups in total. The molecular formula is C18H14Cl2N6O. The lowest BCUT2D eigenvalue weighted by atomic mass is 10.1. The lowest BCUT2D eigenvalue weighted by Gasteiger charge is -2.08. The van der Waals surface area contributed by atoms with Crippen LogP contribution in [0, 0.1) is 0 Å². The minimum Gasteiger partial charge on any atom is -0.361 e. The van der Waals surface area contributed by atoms with E-state index in [9.17, 15) is 4.79 Å². The molecule has 0 radical (unpaired) electrons. The molecule has 4 rings (SSSR count). The number of aromatic amines is 1. The maximum atomic E-state index is 12.5. The van der Waals surface area contributed by atoms with Gasteiger partial charge in [0, 0.05) is 28.7 Å². The van der Waals surface area contributed by atoms with Gasteiger partial charge in [-0.3, -0.25) is 4.79 Å². The monoisotopic (exact) mass is 400 g/mol. The number of H-pyrrole nitrogens is 1. The van der Waals surface area contributed by atoms with E-state index in [0.717, 1.165) is 16.5 Å². The van der Waals surface area contributed by atoms with Gasteiger partial charge in [0.1, 0.15) is 6.33 Å². The first-order valence-corrected chi connectivity index (χ1v) is 8.94. The van der Waals surface area contributed by atoms with Gasteiger partial charge in [0.05, 0.1) is 16.3 Å². The van der Waals surface area contributed by atoms with E-state index in [0.29, 0.717) is 34.3 Å². The van der Waals surface area contributed by atoms with Gasteiger partial charge < -0.3 is 10.3 Å². The Labute approximate surface area is 164 Å². The molecule has 0 saturated carbocycles. The van der Waals surface area contributed by atoms with Crippen molar-refractivity contribution >= 4 is 40.0 Å². The van der Waals surface area contributed by atoms with Gasteiger partial charge in [-0.2, -0.15) is 0 Å². The van der Waals surface area contributed by atoms with Crippen LogP contribution in [-0.2, 0) is 6.42 Å². The first-order valence-electron chi connectivity index (χ1n) is 8.18. The number of rotatable bonds is 5. The number of fused-ring (bicyclic) bond motifs is 1. The van der Waals surface area contributed by atoms with E-state index in [-0.39, 0.29) is 5.91 Å². The summed E-state index contributed by atoms with van der Waals surface area (Å²) < 4.78 is 1.46. The number of carbonyl (C=O) groups excluding carboxylic acids is 1. The first-order chi connectivity index (χ1) is 13.1. The van der Waals surface area contributed by atoms with Crippen LogP contribution < -0.4 is 5.32 Å². The molecule has 0 bridgehead atoms. The second-order valence-corrected chi connectivity index (χ2v) is 6.77. The van der Waals surface area contributed by atoms with E-state index in [4.69, 9.17) is 23.2 Å². The normalized spacial score (nSPS) is 11.0. The zero-order valence-electron chi connectivity index (χ0n) is 14.0. The number of benzene rings is 2. The number of hydrogen-bond acceptors (Lipinski definition) is 4. The minimum absolute atomic E-state index is 0.257. The number of tetrazole rings is 1. The van der Waals surface area contributed by atoms with Crippen LogP contribution in [-0.4, -0.2) is 37.6 Å². The lowest BCUT2D eigenvalue weighted by molar-refractivity contribution is 0.0954. The second kappa shape index (κ2) is 7.38. The summed E-state index contributed by atoms with van der Waals surface area (Å²) in [6.45, 7) is 0.462. The maximum Gasteiger partial charge on any atom is 0.252 e. The number of aromatic nitrogens is 5. The van der Waals surface area contributed by atoms with Gasteiger partial charge in [0.15, 0.2) is 0 Å². The standard InChI is InChI=1S/C18H14Cl2N6O/c19-12-1-4-17-14(7-12)11(9-22-17)5-6-21-18(27)15-8-13(2-3-16(15)20)26-10-23-24-25-26/h1-4,7-10,22H,5-6H2,(H,21,27). The molecule has 0 saturated heterocycles. The van der Waals surface area contributed by atoms with Crippen molar-refractivity contribution in [2.24, 2.45) is 0 Å². The van der Waals surface area contributed by atoms with Gasteiger partial charge in [-0.15, -0.1) is 5.10 Å². The first kappa shape index (κ1) is 17.5. The minimum atomic E-state index is -0.257. The number of amides is 1. The van der Waals surface area contributed by atoms with Crippen molar-refractivity contribution in [1.29, 1.82) is 0 Å². The average molecular weight is 401 g/mol. The van der Waals surface area contributed by atoms with Crippen molar-refractivity contribution in [3.63, 3.8) is 0 Å². The molecule has 2 heterocycles. The third-order valence-corrected chi connectivity index (χ3v) is 4.78. The molecule has 0 fully saturated rings. The topological polar surface area (TPSA) is 88.5 Å². The Hall–Kier alpha value is -2.90. The van der Waals surface area contributed by atoms with Gasteiger partial charge in [0.25, 0.3) is 5.91 Å². The smallest absolute Gasteiger partial charge is 0.252 e. The maximum absolute atomic E-state index is 12.5. The van der Waals surface area contributed by atoms with Gasteiger partial charge >= 0.3 is 0 Å². The van der Waals surface area contributed by atoms with Gasteiger partial charge in [-0.1, -0.05) is 23.2 Å². The number of carbonyl (C=O) groups is 1. The third kappa shape index (κ3) is 3.65. The van der Waals surface area contributed by atoms with E-state index < -0.39 is 0 Å². The number of nitrogens with one attached hydrogen (secondary N) is 2. The summed E-state index contributed by atoms with van der Waals surface area (Å²) in [6, 6.07) is 10.7. The van der Waals surface area contributed by atoms with Gasteiger partial charge in [-0.05, 0) is 58.8 Å². The summed E-state index contributed by atoms with van der Waals surface area (Å²) >= 11 is 12.3. The molecule has 0 aliphatic carbocycles. The van der Waals surface area contributed by atoms with Crippen LogP contribution >= 0.6 is 23.2 Å². The molecule has 7 nitrogen and oxygen atoms in total. The fraction of sp³-hybridized carbons (Fsp3) is 0.111. The summed E-state index contributed by atoms with van der Waals surface area (Å²) in [6.07, 6.45) is 4.04. The van der Waals surface area contributed by atoms with E-state index in [1.165, 1.54) is 11.0 Å². The molecule has 1 amide bonds. The molecule has 0 atom stereocenters. The van der Waals surface area contributed by atoms with Gasteiger partial charge in [-0.25, -0.2) is 4.68 Å². The van der Waals surface area contributed by atoms with Crippen molar-refractivity contribution in [1.82, 2.24) is 30.5 Å². The summed E-state index contributed by atoms with van der Waals surface area (Å²) in [5.41, 5.74) is 3.12. The number of hydrogen-bond donors (Lipinski definition) is 2. The second-order valence-electron chi connectivity index (χ2n) is 5.93. The van der Waals surface area contributed by atoms with Crippen molar-refractivity contribution in [3.05, 3.63) is 70.1 Å². The van der Waals surface area contributed by atoms with Crippen LogP contribution in [0.4, 0.5) is 0 Å². The largest absolute Gasteiger partial charge is 0.361 e. The molecule has 9 heteroatoms. The number of halogens is 2. The van der Waals surface area contributed by atoms with Crippen LogP contribution in [0.15, 0.2) is 48.9 Å². The van der Waals surface area contributed by atoms with Crippen LogP contribution in [0.25, 0.3) is 16.6 Å². The Morgan fingerprint density at radius 2 is 2.07 bits per heavy atom. The molecule has 2 aromatic heterocycles. The summed E-state index contributed by atoms with van der Waals surface area (Å²) in [5, 5.41) is 16.0. The highest BCUT2D eigenvalue weighted by Crippen LogP contribution is 2.23. The summed E-state index contributed by atoms with van der Waals surface area (Å²) in [7, 11) is 0. The quantitative estimate of drug-likeness (QED) is 0.536. The Balaban J connectivity index is 1.46. The van der Waals surface area contributed by atoms with Crippen molar-refractivity contribution in [2.45, 2.75) is 6.42 Å². The van der Waals surface area contributed by atoms with Crippen molar-refractivity contribution < 1.29 is 4.79 Å². The molecule has 27 heavy (non-hydrogen) atoms. The molecule has 0 aliphatic rings. The highest BCUT2D eigenvalue weighted by Gasteiger charge is 2.13. The highest BCUT2D eigenvalue weighted by molar-refractivity contribution is 6.34. The molecule has 0 unspecified atom stereocenters. The zero-order valence-corrected chi connectivity index (χ0v) is 15.5.